The van der Waals surface area contributed by atoms with E-state index >= 15 is 0 Å². The third kappa shape index (κ3) is 2.78. The Balaban J connectivity index is 2.33. The molecule has 2 rings (SSSR count). The van der Waals surface area contributed by atoms with Gasteiger partial charge >= 0.3 is 0 Å². The number of carbonyl (C=O) groups excluding carboxylic acids is 1. The molecule has 4 nitrogen and oxygen atoms in total. The van der Waals surface area contributed by atoms with Crippen molar-refractivity contribution in [3.63, 3.8) is 0 Å². The van der Waals surface area contributed by atoms with E-state index in [9.17, 15) is 4.79 Å². The summed E-state index contributed by atoms with van der Waals surface area (Å²) in [5.41, 5.74) is 4.85. The average Bonchev–Trinajstić information content (AvgIpc) is 2.47. The third-order valence-electron chi connectivity index (χ3n) is 3.21. The van der Waals surface area contributed by atoms with Crippen LogP contribution in [-0.4, -0.2) is 17.8 Å². The van der Waals surface area contributed by atoms with Gasteiger partial charge in [-0.1, -0.05) is 23.7 Å². The number of carbonyl (C=O) groups is 1. The van der Waals surface area contributed by atoms with E-state index in [0.29, 0.717) is 10.7 Å². The van der Waals surface area contributed by atoms with Crippen LogP contribution < -0.4 is 5.43 Å². The first-order valence-corrected chi connectivity index (χ1v) is 6.30. The molecule has 1 atom stereocenters. The summed E-state index contributed by atoms with van der Waals surface area (Å²) in [6.07, 6.45) is 0.269. The molecule has 0 unspecified atom stereocenters. The molecule has 0 saturated heterocycles. The highest BCUT2D eigenvalue weighted by Crippen LogP contribution is 2.27. The lowest BCUT2D eigenvalue weighted by molar-refractivity contribution is -0.116. The van der Waals surface area contributed by atoms with Crippen LogP contribution in [0.3, 0.4) is 0 Å². The summed E-state index contributed by atoms with van der Waals surface area (Å²) in [5, 5.41) is 11.5. The van der Waals surface area contributed by atoms with Crippen LogP contribution in [0.2, 0.25) is 5.02 Å². The minimum atomic E-state index is -0.142. The van der Waals surface area contributed by atoms with Gasteiger partial charge in [0, 0.05) is 24.2 Å². The Kier molecular flexibility index (Phi) is 3.89. The number of nitrogens with one attached hydrogen (secondary N) is 1. The predicted molar refractivity (Wildman–Crippen MR) is 73.0 cm³/mol. The molecule has 5 heteroatoms. The van der Waals surface area contributed by atoms with Crippen molar-refractivity contribution < 1.29 is 4.79 Å². The van der Waals surface area contributed by atoms with Gasteiger partial charge in [0.05, 0.1) is 6.04 Å². The van der Waals surface area contributed by atoms with Crippen LogP contribution in [0.25, 0.3) is 0 Å². The van der Waals surface area contributed by atoms with Crippen LogP contribution in [0.1, 0.15) is 24.9 Å². The van der Waals surface area contributed by atoms with Crippen LogP contribution in [0.15, 0.2) is 35.5 Å². The summed E-state index contributed by atoms with van der Waals surface area (Å²) in [6, 6.07) is 9.23. The summed E-state index contributed by atoms with van der Waals surface area (Å²) in [7, 11) is 1.86. The lowest BCUT2D eigenvalue weighted by atomic mass is 9.98. The van der Waals surface area contributed by atoms with Crippen molar-refractivity contribution in [2.45, 2.75) is 19.4 Å². The first-order valence-electron chi connectivity index (χ1n) is 5.92. The van der Waals surface area contributed by atoms with E-state index in [1.807, 2.05) is 30.3 Å². The summed E-state index contributed by atoms with van der Waals surface area (Å²) in [5.74, 6) is -0.142. The molecule has 0 aromatic heterocycles. The smallest absolute Gasteiger partial charge is 0.177 e. The van der Waals surface area contributed by atoms with Gasteiger partial charge in [-0.3, -0.25) is 4.79 Å². The van der Waals surface area contributed by atoms with Gasteiger partial charge in [-0.05, 0) is 24.6 Å². The Bertz CT molecular complexity index is 571. The molecular weight excluding hydrogens is 262 g/mol. The molecule has 1 heterocycles. The number of halogens is 1. The van der Waals surface area contributed by atoms with Gasteiger partial charge in [-0.25, -0.2) is 5.01 Å². The van der Waals surface area contributed by atoms with E-state index in [1.54, 1.807) is 19.1 Å². The number of ketones is 1. The lowest BCUT2D eigenvalue weighted by Gasteiger charge is -2.27. The van der Waals surface area contributed by atoms with Gasteiger partial charge in [0.1, 0.15) is 11.6 Å². The van der Waals surface area contributed by atoms with Gasteiger partial charge in [-0.15, -0.1) is 0 Å². The van der Waals surface area contributed by atoms with Crippen molar-refractivity contribution in [3.05, 3.63) is 46.1 Å². The second kappa shape index (κ2) is 5.43. The number of hydrazine groups is 1. The number of Topliss-reactive ketones (excluding diaryl/α,β-unsaturated/α-hetero) is 1. The minimum absolute atomic E-state index is 0.120. The molecule has 0 fully saturated rings. The quantitative estimate of drug-likeness (QED) is 0.856. The highest BCUT2D eigenvalue weighted by molar-refractivity contribution is 6.30. The molecule has 0 radical (unpaired) electrons. The zero-order chi connectivity index (χ0) is 14.0. The minimum Gasteiger partial charge on any atom is -0.321 e. The normalized spacial score (nSPS) is 20.7. The first kappa shape index (κ1) is 13.6. The van der Waals surface area contributed by atoms with E-state index < -0.39 is 0 Å². The Hall–Kier alpha value is -1.83. The molecule has 1 aliphatic heterocycles. The molecule has 0 amide bonds. The van der Waals surface area contributed by atoms with Crippen molar-refractivity contribution >= 4 is 17.4 Å². The van der Waals surface area contributed by atoms with Crippen LogP contribution in [0, 0.1) is 11.3 Å². The monoisotopic (exact) mass is 275 g/mol. The standard InChI is InChI=1S/C14H14ClN3O/c1-9-12(8-16)14(19)7-13(18(2)17-9)10-3-5-11(15)6-4-10/h3-6,13,17H,7H2,1-2H3/t13-/m0/s1. The number of hydrogen-bond acceptors (Lipinski definition) is 4. The molecule has 0 saturated carbocycles. The molecule has 1 aliphatic rings. The van der Waals surface area contributed by atoms with Crippen molar-refractivity contribution in [3.8, 4) is 6.07 Å². The van der Waals surface area contributed by atoms with Gasteiger partial charge in [0.2, 0.25) is 0 Å². The molecule has 0 bridgehead atoms. The number of rotatable bonds is 1. The molecule has 1 N–H and O–H groups in total. The number of nitriles is 1. The Morgan fingerprint density at radius 2 is 2.05 bits per heavy atom. The predicted octanol–water partition coefficient (Wildman–Crippen LogP) is 2.59. The molecule has 0 aliphatic carbocycles. The SMILES string of the molecule is CC1=C(C#N)C(=O)C[C@@H](c2ccc(Cl)cc2)N(C)N1. The van der Waals surface area contributed by atoms with Crippen molar-refractivity contribution in [1.82, 2.24) is 10.4 Å². The fourth-order valence-corrected chi connectivity index (χ4v) is 2.32. The fourth-order valence-electron chi connectivity index (χ4n) is 2.19. The van der Waals surface area contributed by atoms with E-state index in [1.165, 1.54) is 0 Å². The zero-order valence-corrected chi connectivity index (χ0v) is 11.5. The lowest BCUT2D eigenvalue weighted by Crippen LogP contribution is -2.35. The van der Waals surface area contributed by atoms with Gasteiger partial charge in [0.15, 0.2) is 5.78 Å². The number of allylic oxidation sites excluding steroid dienone is 2. The topological polar surface area (TPSA) is 56.1 Å². The van der Waals surface area contributed by atoms with E-state index in [-0.39, 0.29) is 23.8 Å². The summed E-state index contributed by atoms with van der Waals surface area (Å²) in [6.45, 7) is 1.73. The summed E-state index contributed by atoms with van der Waals surface area (Å²) in [4.78, 5) is 12.1. The molecule has 19 heavy (non-hydrogen) atoms. The maximum absolute atomic E-state index is 12.1. The molecule has 1 aromatic rings. The Labute approximate surface area is 117 Å². The number of nitrogens with zero attached hydrogens (tertiary/aromatic N) is 2. The summed E-state index contributed by atoms with van der Waals surface area (Å²) >= 11 is 5.87. The number of benzene rings is 1. The van der Waals surface area contributed by atoms with Crippen LogP contribution >= 0.6 is 11.6 Å². The van der Waals surface area contributed by atoms with Gasteiger partial charge in [0.25, 0.3) is 0 Å². The van der Waals surface area contributed by atoms with Gasteiger partial charge in [-0.2, -0.15) is 5.26 Å². The maximum Gasteiger partial charge on any atom is 0.177 e. The van der Waals surface area contributed by atoms with Gasteiger partial charge < -0.3 is 5.43 Å². The first-order chi connectivity index (χ1) is 9.02. The molecule has 1 aromatic carbocycles. The molecule has 0 spiro atoms. The fraction of sp³-hybridized carbons (Fsp3) is 0.286. The van der Waals surface area contributed by atoms with E-state index in [0.717, 1.165) is 5.56 Å². The second-order valence-electron chi connectivity index (χ2n) is 4.53. The summed E-state index contributed by atoms with van der Waals surface area (Å²) < 4.78 is 0. The van der Waals surface area contributed by atoms with E-state index in [2.05, 4.69) is 5.43 Å². The molecular formula is C14H14ClN3O. The maximum atomic E-state index is 12.1. The van der Waals surface area contributed by atoms with Crippen LogP contribution in [0.4, 0.5) is 0 Å². The Morgan fingerprint density at radius 3 is 2.63 bits per heavy atom. The Morgan fingerprint density at radius 1 is 1.42 bits per heavy atom. The molecule has 98 valence electrons. The van der Waals surface area contributed by atoms with Crippen molar-refractivity contribution in [2.24, 2.45) is 0 Å². The third-order valence-corrected chi connectivity index (χ3v) is 3.46. The van der Waals surface area contributed by atoms with Crippen LogP contribution in [-0.2, 0) is 4.79 Å². The number of hydrogen-bond donors (Lipinski definition) is 1. The second-order valence-corrected chi connectivity index (χ2v) is 4.97. The van der Waals surface area contributed by atoms with Crippen molar-refractivity contribution in [2.75, 3.05) is 7.05 Å². The van der Waals surface area contributed by atoms with E-state index in [4.69, 9.17) is 16.9 Å². The van der Waals surface area contributed by atoms with Crippen molar-refractivity contribution in [1.29, 1.82) is 5.26 Å². The average molecular weight is 276 g/mol. The highest BCUT2D eigenvalue weighted by Gasteiger charge is 2.27. The largest absolute Gasteiger partial charge is 0.321 e. The highest BCUT2D eigenvalue weighted by atomic mass is 35.5. The zero-order valence-electron chi connectivity index (χ0n) is 10.8. The van der Waals surface area contributed by atoms with Crippen LogP contribution in [0.5, 0.6) is 0 Å².